The number of likely N-dealkylation sites (N-methyl/N-ethyl adjacent to an activating group) is 1. The lowest BCUT2D eigenvalue weighted by atomic mass is 10.1. The molecule has 1 N–H and O–H groups in total. The third-order valence-corrected chi connectivity index (χ3v) is 4.49. The predicted octanol–water partition coefficient (Wildman–Crippen LogP) is 2.63. The van der Waals surface area contributed by atoms with Crippen molar-refractivity contribution in [2.75, 3.05) is 26.8 Å². The molecule has 26 heavy (non-hydrogen) atoms. The van der Waals surface area contributed by atoms with Crippen molar-refractivity contribution in [3.8, 4) is 11.5 Å². The molecule has 2 rings (SSSR count). The van der Waals surface area contributed by atoms with E-state index in [1.807, 2.05) is 13.1 Å². The van der Waals surface area contributed by atoms with Crippen LogP contribution in [0.1, 0.15) is 27.2 Å². The van der Waals surface area contributed by atoms with Gasteiger partial charge in [0.25, 0.3) is 5.91 Å². The van der Waals surface area contributed by atoms with E-state index in [1.54, 1.807) is 48.4 Å². The summed E-state index contributed by atoms with van der Waals surface area (Å²) in [5, 5.41) is 9.73. The molecule has 0 saturated carbocycles. The number of hydrogen-bond acceptors (Lipinski definition) is 6. The van der Waals surface area contributed by atoms with Crippen LogP contribution in [0.4, 0.5) is 0 Å². The molecule has 0 bridgehead atoms. The second-order valence-corrected chi connectivity index (χ2v) is 6.94. The number of benzene rings is 1. The molecule has 0 fully saturated rings. The number of thiazole rings is 1. The van der Waals surface area contributed by atoms with Gasteiger partial charge in [-0.3, -0.25) is 4.79 Å². The van der Waals surface area contributed by atoms with Gasteiger partial charge in [-0.1, -0.05) is 0 Å². The summed E-state index contributed by atoms with van der Waals surface area (Å²) in [4.78, 5) is 30.4. The molecule has 2 aromatic rings. The Morgan fingerprint density at radius 3 is 2.65 bits per heavy atom. The van der Waals surface area contributed by atoms with Crippen molar-refractivity contribution in [1.82, 2.24) is 9.88 Å². The van der Waals surface area contributed by atoms with E-state index in [0.717, 1.165) is 9.88 Å². The Balaban J connectivity index is 2.06. The zero-order valence-electron chi connectivity index (χ0n) is 15.0. The average Bonchev–Trinajstić information content (AvgIpc) is 3.03. The molecule has 1 aromatic heterocycles. The Hall–Kier alpha value is -2.61. The summed E-state index contributed by atoms with van der Waals surface area (Å²) >= 11 is 1.62. The van der Waals surface area contributed by atoms with E-state index in [1.165, 1.54) is 0 Å². The van der Waals surface area contributed by atoms with Gasteiger partial charge in [0.1, 0.15) is 0 Å². The van der Waals surface area contributed by atoms with Gasteiger partial charge in [0.2, 0.25) is 0 Å². The largest absolute Gasteiger partial charge is 0.490 e. The lowest BCUT2D eigenvalue weighted by molar-refractivity contribution is -0.139. The van der Waals surface area contributed by atoms with Gasteiger partial charge in [-0.15, -0.1) is 11.3 Å². The van der Waals surface area contributed by atoms with Gasteiger partial charge in [0, 0.05) is 36.7 Å². The normalized spacial score (nSPS) is 10.4. The molecule has 1 heterocycles. The van der Waals surface area contributed by atoms with Crippen LogP contribution in [-0.2, 0) is 11.2 Å². The van der Waals surface area contributed by atoms with E-state index in [0.29, 0.717) is 36.6 Å². The lowest BCUT2D eigenvalue weighted by Crippen LogP contribution is -2.28. The maximum absolute atomic E-state index is 12.6. The molecule has 0 aliphatic rings. The van der Waals surface area contributed by atoms with Gasteiger partial charge >= 0.3 is 5.97 Å². The minimum atomic E-state index is -1.08. The second-order valence-electron chi connectivity index (χ2n) is 5.62. The Kier molecular flexibility index (Phi) is 6.97. The maximum atomic E-state index is 12.6. The first kappa shape index (κ1) is 19.7. The molecule has 7 nitrogen and oxygen atoms in total. The second kappa shape index (κ2) is 9.19. The maximum Gasteiger partial charge on any atom is 0.341 e. The zero-order chi connectivity index (χ0) is 19.1. The van der Waals surface area contributed by atoms with Crippen LogP contribution >= 0.6 is 11.3 Å². The summed E-state index contributed by atoms with van der Waals surface area (Å²) in [5.74, 6) is -0.580. The minimum absolute atomic E-state index is 0.149. The number of amides is 1. The quantitative estimate of drug-likeness (QED) is 0.722. The Morgan fingerprint density at radius 2 is 2.04 bits per heavy atom. The molecule has 0 aliphatic heterocycles. The number of hydrogen-bond donors (Lipinski definition) is 1. The number of aryl methyl sites for hydroxylation is 1. The molecule has 140 valence electrons. The van der Waals surface area contributed by atoms with E-state index in [9.17, 15) is 9.59 Å². The highest BCUT2D eigenvalue weighted by Crippen LogP contribution is 2.29. The molecular weight excluding hydrogens is 356 g/mol. The van der Waals surface area contributed by atoms with Crippen molar-refractivity contribution < 1.29 is 24.2 Å². The van der Waals surface area contributed by atoms with Crippen LogP contribution in [-0.4, -0.2) is 53.7 Å². The van der Waals surface area contributed by atoms with Crippen molar-refractivity contribution in [2.45, 2.75) is 20.3 Å². The van der Waals surface area contributed by atoms with E-state index in [2.05, 4.69) is 4.98 Å². The third-order valence-electron chi connectivity index (χ3n) is 3.52. The molecule has 0 radical (unpaired) electrons. The van der Waals surface area contributed by atoms with E-state index < -0.39 is 12.6 Å². The first-order valence-corrected chi connectivity index (χ1v) is 9.00. The monoisotopic (exact) mass is 378 g/mol. The third kappa shape index (κ3) is 5.45. The minimum Gasteiger partial charge on any atom is -0.490 e. The molecule has 8 heteroatoms. The van der Waals surface area contributed by atoms with Crippen LogP contribution in [0.5, 0.6) is 11.5 Å². The highest BCUT2D eigenvalue weighted by atomic mass is 32.1. The molecule has 0 atom stereocenters. The average molecular weight is 378 g/mol. The van der Waals surface area contributed by atoms with Gasteiger partial charge in [-0.25, -0.2) is 9.78 Å². The van der Waals surface area contributed by atoms with Crippen LogP contribution in [0.2, 0.25) is 0 Å². The fourth-order valence-electron chi connectivity index (χ4n) is 2.27. The number of carbonyl (C=O) groups excluding carboxylic acids is 1. The van der Waals surface area contributed by atoms with Crippen LogP contribution < -0.4 is 9.47 Å². The number of nitrogens with zero attached hydrogens (tertiary/aromatic N) is 2. The van der Waals surface area contributed by atoms with Gasteiger partial charge in [-0.2, -0.15) is 0 Å². The summed E-state index contributed by atoms with van der Waals surface area (Å²) in [5.41, 5.74) is 0.453. The van der Waals surface area contributed by atoms with E-state index >= 15 is 0 Å². The summed E-state index contributed by atoms with van der Waals surface area (Å²) in [6.07, 6.45) is 2.52. The smallest absolute Gasteiger partial charge is 0.341 e. The number of ether oxygens (including phenoxy) is 2. The topological polar surface area (TPSA) is 89.0 Å². The number of aromatic nitrogens is 1. The number of carboxylic acid groups (broad SMARTS) is 1. The van der Waals surface area contributed by atoms with Gasteiger partial charge in [0.15, 0.2) is 18.1 Å². The van der Waals surface area contributed by atoms with Crippen LogP contribution in [0.3, 0.4) is 0 Å². The first-order chi connectivity index (χ1) is 12.4. The van der Waals surface area contributed by atoms with Crippen LogP contribution in [0, 0.1) is 6.92 Å². The summed E-state index contributed by atoms with van der Waals surface area (Å²) < 4.78 is 10.7. The Bertz CT molecular complexity index is 775. The molecule has 1 amide bonds. The van der Waals surface area contributed by atoms with E-state index in [4.69, 9.17) is 14.6 Å². The van der Waals surface area contributed by atoms with Gasteiger partial charge in [-0.05, 0) is 32.0 Å². The zero-order valence-corrected chi connectivity index (χ0v) is 15.8. The Morgan fingerprint density at radius 1 is 1.27 bits per heavy atom. The summed E-state index contributed by atoms with van der Waals surface area (Å²) in [7, 11) is 1.73. The molecule has 0 unspecified atom stereocenters. The number of aliphatic carboxylic acids is 1. The summed E-state index contributed by atoms with van der Waals surface area (Å²) in [6, 6.07) is 4.73. The van der Waals surface area contributed by atoms with Gasteiger partial charge < -0.3 is 19.5 Å². The summed E-state index contributed by atoms with van der Waals surface area (Å²) in [6.45, 7) is 4.25. The van der Waals surface area contributed by atoms with Crippen molar-refractivity contribution in [2.24, 2.45) is 0 Å². The van der Waals surface area contributed by atoms with Crippen LogP contribution in [0.15, 0.2) is 24.4 Å². The Labute approximate surface area is 156 Å². The van der Waals surface area contributed by atoms with E-state index in [-0.39, 0.29) is 5.91 Å². The van der Waals surface area contributed by atoms with Crippen LogP contribution in [0.25, 0.3) is 0 Å². The lowest BCUT2D eigenvalue weighted by Gasteiger charge is -2.18. The predicted molar refractivity (Wildman–Crippen MR) is 98.3 cm³/mol. The fourth-order valence-corrected chi connectivity index (χ4v) is 3.05. The van der Waals surface area contributed by atoms with Crippen molar-refractivity contribution in [3.63, 3.8) is 0 Å². The standard InChI is InChI=1S/C18H22N2O5S/c1-4-24-15-9-13(5-6-14(15)25-11-17(21)22)18(23)20(3)8-7-16-19-10-12(2)26-16/h5-6,9-10H,4,7-8,11H2,1-3H3,(H,21,22). The van der Waals surface area contributed by atoms with Crippen molar-refractivity contribution in [3.05, 3.63) is 39.8 Å². The molecule has 0 aliphatic carbocycles. The van der Waals surface area contributed by atoms with Crippen molar-refractivity contribution in [1.29, 1.82) is 0 Å². The molecular formula is C18H22N2O5S. The number of carboxylic acids is 1. The highest BCUT2D eigenvalue weighted by Gasteiger charge is 2.16. The fraction of sp³-hybridized carbons (Fsp3) is 0.389. The SMILES string of the molecule is CCOc1cc(C(=O)N(C)CCc2ncc(C)s2)ccc1OCC(=O)O. The highest BCUT2D eigenvalue weighted by molar-refractivity contribution is 7.11. The molecule has 0 saturated heterocycles. The first-order valence-electron chi connectivity index (χ1n) is 8.19. The number of carbonyl (C=O) groups is 2. The molecule has 0 spiro atoms. The van der Waals surface area contributed by atoms with Gasteiger partial charge in [0.05, 0.1) is 11.6 Å². The molecule has 1 aromatic carbocycles. The number of rotatable bonds is 9. The van der Waals surface area contributed by atoms with Crippen molar-refractivity contribution >= 4 is 23.2 Å².